The van der Waals surface area contributed by atoms with Gasteiger partial charge in [-0.25, -0.2) is 0 Å². The van der Waals surface area contributed by atoms with Crippen LogP contribution in [0.2, 0.25) is 0 Å². The summed E-state index contributed by atoms with van der Waals surface area (Å²) in [6, 6.07) is 11.2. The van der Waals surface area contributed by atoms with Gasteiger partial charge >= 0.3 is 0 Å². The fraction of sp³-hybridized carbons (Fsp3) is 0.143. The van der Waals surface area contributed by atoms with Gasteiger partial charge < -0.3 is 16.2 Å². The van der Waals surface area contributed by atoms with Crippen molar-refractivity contribution in [2.45, 2.75) is 13.8 Å². The molecule has 0 bridgehead atoms. The van der Waals surface area contributed by atoms with Crippen molar-refractivity contribution >= 4 is 11.4 Å². The van der Waals surface area contributed by atoms with E-state index < -0.39 is 0 Å². The number of anilines is 2. The minimum Gasteiger partial charge on any atom is -0.457 e. The van der Waals surface area contributed by atoms with Gasteiger partial charge in [0.15, 0.2) is 0 Å². The van der Waals surface area contributed by atoms with Crippen LogP contribution in [0, 0.1) is 13.8 Å². The molecule has 0 heterocycles. The first-order valence-corrected chi connectivity index (χ1v) is 5.46. The molecule has 2 aromatic rings. The molecule has 0 amide bonds. The third kappa shape index (κ3) is 2.69. The molecule has 0 fully saturated rings. The van der Waals surface area contributed by atoms with Gasteiger partial charge in [0, 0.05) is 17.4 Å². The molecule has 3 nitrogen and oxygen atoms in total. The zero-order valence-corrected chi connectivity index (χ0v) is 10.0. The molecule has 17 heavy (non-hydrogen) atoms. The highest BCUT2D eigenvalue weighted by Gasteiger charge is 2.03. The monoisotopic (exact) mass is 228 g/mol. The Morgan fingerprint density at radius 1 is 0.882 bits per heavy atom. The summed E-state index contributed by atoms with van der Waals surface area (Å²) in [5.74, 6) is 1.54. The van der Waals surface area contributed by atoms with E-state index >= 15 is 0 Å². The number of hydrogen-bond acceptors (Lipinski definition) is 3. The Balaban J connectivity index is 2.31. The van der Waals surface area contributed by atoms with Crippen LogP contribution in [0.25, 0.3) is 0 Å². The molecule has 0 unspecified atom stereocenters. The Bertz CT molecular complexity index is 530. The molecule has 0 saturated carbocycles. The number of ether oxygens (including phenoxy) is 1. The van der Waals surface area contributed by atoms with Crippen molar-refractivity contribution in [2.75, 3.05) is 11.5 Å². The van der Waals surface area contributed by atoms with Crippen LogP contribution in [0.5, 0.6) is 11.5 Å². The van der Waals surface area contributed by atoms with Crippen LogP contribution in [-0.4, -0.2) is 0 Å². The van der Waals surface area contributed by atoms with E-state index in [-0.39, 0.29) is 0 Å². The topological polar surface area (TPSA) is 61.3 Å². The minimum atomic E-state index is 0.702. The number of hydrogen-bond donors (Lipinski definition) is 2. The van der Waals surface area contributed by atoms with Gasteiger partial charge in [0.05, 0.1) is 0 Å². The van der Waals surface area contributed by atoms with E-state index in [0.29, 0.717) is 5.69 Å². The van der Waals surface area contributed by atoms with Crippen LogP contribution in [0.3, 0.4) is 0 Å². The molecule has 0 aromatic heterocycles. The molecular formula is C14H16N2O. The number of nitrogens with two attached hydrogens (primary N) is 2. The molecule has 0 aliphatic heterocycles. The average Bonchev–Trinajstić information content (AvgIpc) is 2.21. The molecule has 0 aliphatic carbocycles. The van der Waals surface area contributed by atoms with E-state index in [9.17, 15) is 0 Å². The lowest BCUT2D eigenvalue weighted by molar-refractivity contribution is 0.479. The van der Waals surface area contributed by atoms with E-state index in [1.54, 1.807) is 0 Å². The van der Waals surface area contributed by atoms with E-state index in [1.807, 2.05) is 50.2 Å². The summed E-state index contributed by atoms with van der Waals surface area (Å²) in [6.07, 6.45) is 0. The largest absolute Gasteiger partial charge is 0.457 e. The number of aryl methyl sites for hydroxylation is 2. The quantitative estimate of drug-likeness (QED) is 0.775. The molecule has 0 aliphatic rings. The third-order valence-corrected chi connectivity index (χ3v) is 2.50. The number of benzene rings is 2. The Kier molecular flexibility index (Phi) is 2.91. The van der Waals surface area contributed by atoms with Crippen LogP contribution >= 0.6 is 0 Å². The van der Waals surface area contributed by atoms with Gasteiger partial charge in [-0.05, 0) is 55.3 Å². The van der Waals surface area contributed by atoms with Crippen LogP contribution in [-0.2, 0) is 0 Å². The van der Waals surface area contributed by atoms with Gasteiger partial charge in [0.25, 0.3) is 0 Å². The fourth-order valence-electron chi connectivity index (χ4n) is 1.75. The first kappa shape index (κ1) is 11.3. The summed E-state index contributed by atoms with van der Waals surface area (Å²) >= 11 is 0. The molecule has 3 heteroatoms. The van der Waals surface area contributed by atoms with Gasteiger partial charge in [0.1, 0.15) is 11.5 Å². The molecule has 2 rings (SSSR count). The molecule has 88 valence electrons. The minimum absolute atomic E-state index is 0.702. The van der Waals surface area contributed by atoms with Crippen molar-refractivity contribution in [2.24, 2.45) is 0 Å². The van der Waals surface area contributed by atoms with Crippen molar-refractivity contribution in [1.29, 1.82) is 0 Å². The Morgan fingerprint density at radius 2 is 1.65 bits per heavy atom. The SMILES string of the molecule is Cc1cc(N)cc(Oc2ccc(N)cc2C)c1. The number of nitrogen functional groups attached to an aromatic ring is 2. The zero-order chi connectivity index (χ0) is 12.4. The van der Waals surface area contributed by atoms with Crippen LogP contribution in [0.1, 0.15) is 11.1 Å². The Hall–Kier alpha value is -2.16. The molecule has 2 aromatic carbocycles. The van der Waals surface area contributed by atoms with Crippen LogP contribution < -0.4 is 16.2 Å². The maximum absolute atomic E-state index is 5.79. The molecule has 4 N–H and O–H groups in total. The van der Waals surface area contributed by atoms with Crippen molar-refractivity contribution in [1.82, 2.24) is 0 Å². The van der Waals surface area contributed by atoms with Gasteiger partial charge in [-0.3, -0.25) is 0 Å². The highest BCUT2D eigenvalue weighted by Crippen LogP contribution is 2.28. The summed E-state index contributed by atoms with van der Waals surface area (Å²) in [4.78, 5) is 0. The lowest BCUT2D eigenvalue weighted by atomic mass is 10.2. The van der Waals surface area contributed by atoms with Crippen LogP contribution in [0.4, 0.5) is 11.4 Å². The average molecular weight is 228 g/mol. The molecule has 0 atom stereocenters. The Labute approximate surface area is 101 Å². The maximum atomic E-state index is 5.79. The summed E-state index contributed by atoms with van der Waals surface area (Å²) in [7, 11) is 0. The summed E-state index contributed by atoms with van der Waals surface area (Å²) in [5, 5.41) is 0. The van der Waals surface area contributed by atoms with E-state index in [0.717, 1.165) is 28.3 Å². The van der Waals surface area contributed by atoms with Crippen molar-refractivity contribution in [3.05, 3.63) is 47.5 Å². The first-order valence-electron chi connectivity index (χ1n) is 5.46. The standard InChI is InChI=1S/C14H16N2O/c1-9-5-12(16)8-13(6-9)17-14-4-3-11(15)7-10(14)2/h3-8H,15-16H2,1-2H3. The zero-order valence-electron chi connectivity index (χ0n) is 10.0. The second kappa shape index (κ2) is 4.37. The summed E-state index contributed by atoms with van der Waals surface area (Å²) in [5.41, 5.74) is 15.0. The molecule has 0 radical (unpaired) electrons. The molecule has 0 spiro atoms. The second-order valence-electron chi connectivity index (χ2n) is 4.21. The van der Waals surface area contributed by atoms with Gasteiger partial charge in [-0.15, -0.1) is 0 Å². The lowest BCUT2D eigenvalue weighted by Crippen LogP contribution is -1.92. The normalized spacial score (nSPS) is 10.2. The van der Waals surface area contributed by atoms with E-state index in [2.05, 4.69) is 0 Å². The Morgan fingerprint density at radius 3 is 2.29 bits per heavy atom. The van der Waals surface area contributed by atoms with Crippen LogP contribution in [0.15, 0.2) is 36.4 Å². The first-order chi connectivity index (χ1) is 8.04. The van der Waals surface area contributed by atoms with Gasteiger partial charge in [0.2, 0.25) is 0 Å². The van der Waals surface area contributed by atoms with E-state index in [4.69, 9.17) is 16.2 Å². The fourth-order valence-corrected chi connectivity index (χ4v) is 1.75. The summed E-state index contributed by atoms with van der Waals surface area (Å²) < 4.78 is 5.79. The second-order valence-corrected chi connectivity index (χ2v) is 4.21. The number of rotatable bonds is 2. The van der Waals surface area contributed by atoms with Crippen molar-refractivity contribution in [3.63, 3.8) is 0 Å². The molecular weight excluding hydrogens is 212 g/mol. The predicted molar refractivity (Wildman–Crippen MR) is 71.3 cm³/mol. The van der Waals surface area contributed by atoms with Crippen molar-refractivity contribution in [3.8, 4) is 11.5 Å². The summed E-state index contributed by atoms with van der Waals surface area (Å²) in [6.45, 7) is 3.95. The highest BCUT2D eigenvalue weighted by atomic mass is 16.5. The van der Waals surface area contributed by atoms with E-state index in [1.165, 1.54) is 0 Å². The maximum Gasteiger partial charge on any atom is 0.130 e. The highest BCUT2D eigenvalue weighted by molar-refractivity contribution is 5.51. The third-order valence-electron chi connectivity index (χ3n) is 2.50. The smallest absolute Gasteiger partial charge is 0.130 e. The lowest BCUT2D eigenvalue weighted by Gasteiger charge is -2.10. The molecule has 0 saturated heterocycles. The van der Waals surface area contributed by atoms with Crippen molar-refractivity contribution < 1.29 is 4.74 Å². The predicted octanol–water partition coefficient (Wildman–Crippen LogP) is 3.26. The van der Waals surface area contributed by atoms with Gasteiger partial charge in [-0.2, -0.15) is 0 Å². The van der Waals surface area contributed by atoms with Gasteiger partial charge in [-0.1, -0.05) is 0 Å².